The highest BCUT2D eigenvalue weighted by atomic mass is 32.2. The molecule has 0 unspecified atom stereocenters. The lowest BCUT2D eigenvalue weighted by Gasteiger charge is -2.02. The number of benzene rings is 1. The molecule has 7 heteroatoms. The Morgan fingerprint density at radius 2 is 1.89 bits per heavy atom. The van der Waals surface area contributed by atoms with Crippen molar-refractivity contribution in [3.05, 3.63) is 41.6 Å². The zero-order chi connectivity index (χ0) is 14.0. The third kappa shape index (κ3) is 3.19. The maximum absolute atomic E-state index is 11.8. The lowest BCUT2D eigenvalue weighted by molar-refractivity contribution is 0.102. The Hall–Kier alpha value is -2.15. The maximum Gasteiger partial charge on any atom is 0.258 e. The molecule has 0 bridgehead atoms. The summed E-state index contributed by atoms with van der Waals surface area (Å²) in [7, 11) is -3.26. The number of nitrogens with zero attached hydrogens (tertiary/aromatic N) is 1. The second kappa shape index (κ2) is 4.85. The van der Waals surface area contributed by atoms with Crippen molar-refractivity contribution in [3.63, 3.8) is 0 Å². The number of carbonyl (C=O) groups is 1. The number of carbonyl (C=O) groups excluding carboxylic acids is 1. The van der Waals surface area contributed by atoms with Gasteiger partial charge in [0.2, 0.25) is 5.88 Å². The first-order valence-electron chi connectivity index (χ1n) is 5.41. The number of amides is 1. The second-order valence-corrected chi connectivity index (χ2v) is 6.10. The molecule has 0 saturated heterocycles. The number of sulfone groups is 1. The van der Waals surface area contributed by atoms with Crippen molar-refractivity contribution < 1.29 is 17.7 Å². The predicted molar refractivity (Wildman–Crippen MR) is 68.7 cm³/mol. The average Bonchev–Trinajstić information content (AvgIpc) is 2.74. The van der Waals surface area contributed by atoms with E-state index in [0.29, 0.717) is 11.3 Å². The van der Waals surface area contributed by atoms with Gasteiger partial charge in [-0.25, -0.2) is 8.42 Å². The molecule has 1 heterocycles. The second-order valence-electron chi connectivity index (χ2n) is 4.08. The van der Waals surface area contributed by atoms with E-state index in [9.17, 15) is 13.2 Å². The minimum Gasteiger partial charge on any atom is -0.338 e. The Bertz CT molecular complexity index is 702. The molecule has 1 N–H and O–H groups in total. The van der Waals surface area contributed by atoms with Crippen LogP contribution in [-0.4, -0.2) is 25.7 Å². The van der Waals surface area contributed by atoms with Crippen LogP contribution in [0, 0.1) is 6.92 Å². The van der Waals surface area contributed by atoms with Crippen LogP contribution < -0.4 is 5.32 Å². The Balaban J connectivity index is 2.16. The smallest absolute Gasteiger partial charge is 0.258 e. The van der Waals surface area contributed by atoms with Gasteiger partial charge in [0, 0.05) is 17.9 Å². The van der Waals surface area contributed by atoms with Crippen LogP contribution in [0.15, 0.2) is 39.8 Å². The standard InChI is InChI=1S/C12H12N2O4S/c1-8-7-11(18-14-8)13-12(15)9-3-5-10(6-4-9)19(2,16)17/h3-7H,1-2H3,(H,13,15). The van der Waals surface area contributed by atoms with Crippen molar-refractivity contribution in [2.24, 2.45) is 0 Å². The fourth-order valence-electron chi connectivity index (χ4n) is 1.46. The van der Waals surface area contributed by atoms with Crippen LogP contribution in [0.25, 0.3) is 0 Å². The number of nitrogens with one attached hydrogen (secondary N) is 1. The summed E-state index contributed by atoms with van der Waals surface area (Å²) in [5, 5.41) is 6.16. The van der Waals surface area contributed by atoms with Crippen molar-refractivity contribution in [2.75, 3.05) is 11.6 Å². The van der Waals surface area contributed by atoms with Gasteiger partial charge >= 0.3 is 0 Å². The molecule has 0 aliphatic heterocycles. The minimum atomic E-state index is -3.26. The van der Waals surface area contributed by atoms with Crippen LogP contribution in [0.1, 0.15) is 16.1 Å². The number of aromatic nitrogens is 1. The van der Waals surface area contributed by atoms with Crippen LogP contribution in [0.4, 0.5) is 5.88 Å². The number of hydrogen-bond acceptors (Lipinski definition) is 5. The fourth-order valence-corrected chi connectivity index (χ4v) is 2.09. The van der Waals surface area contributed by atoms with E-state index in [1.807, 2.05) is 0 Å². The normalized spacial score (nSPS) is 11.3. The Kier molecular flexibility index (Phi) is 3.39. The SMILES string of the molecule is Cc1cc(NC(=O)c2ccc(S(C)(=O)=O)cc2)on1. The molecule has 0 saturated carbocycles. The molecule has 100 valence electrons. The molecule has 0 radical (unpaired) electrons. The molecule has 1 aromatic carbocycles. The van der Waals surface area contributed by atoms with E-state index in [1.54, 1.807) is 13.0 Å². The zero-order valence-electron chi connectivity index (χ0n) is 10.4. The molecule has 0 fully saturated rings. The van der Waals surface area contributed by atoms with Crippen molar-refractivity contribution in [1.29, 1.82) is 0 Å². The van der Waals surface area contributed by atoms with Gasteiger partial charge in [0.05, 0.1) is 10.6 Å². The lowest BCUT2D eigenvalue weighted by Crippen LogP contribution is -2.11. The number of rotatable bonds is 3. The first-order chi connectivity index (χ1) is 8.86. The Morgan fingerprint density at radius 1 is 1.26 bits per heavy atom. The molecule has 2 aromatic rings. The summed E-state index contributed by atoms with van der Waals surface area (Å²) in [6, 6.07) is 7.23. The quantitative estimate of drug-likeness (QED) is 0.923. The van der Waals surface area contributed by atoms with Gasteiger partial charge in [-0.1, -0.05) is 5.16 Å². The van der Waals surface area contributed by atoms with Crippen LogP contribution >= 0.6 is 0 Å². The number of aryl methyl sites for hydroxylation is 1. The molecule has 0 aliphatic carbocycles. The van der Waals surface area contributed by atoms with Crippen LogP contribution in [0.3, 0.4) is 0 Å². The largest absolute Gasteiger partial charge is 0.338 e. The minimum absolute atomic E-state index is 0.166. The molecular formula is C12H12N2O4S. The zero-order valence-corrected chi connectivity index (χ0v) is 11.2. The summed E-state index contributed by atoms with van der Waals surface area (Å²) in [4.78, 5) is 12.0. The first kappa shape index (κ1) is 13.3. The van der Waals surface area contributed by atoms with Crippen molar-refractivity contribution >= 4 is 21.6 Å². The Labute approximate surface area is 110 Å². The molecule has 0 atom stereocenters. The molecule has 1 aromatic heterocycles. The van der Waals surface area contributed by atoms with Crippen molar-refractivity contribution in [1.82, 2.24) is 5.16 Å². The Morgan fingerprint density at radius 3 is 2.37 bits per heavy atom. The number of hydrogen-bond donors (Lipinski definition) is 1. The van der Waals surface area contributed by atoms with E-state index >= 15 is 0 Å². The molecule has 0 aliphatic rings. The summed E-state index contributed by atoms with van der Waals surface area (Å²) in [5.74, 6) is -0.147. The van der Waals surface area contributed by atoms with Crippen molar-refractivity contribution in [3.8, 4) is 0 Å². The van der Waals surface area contributed by atoms with Gasteiger partial charge in [0.1, 0.15) is 0 Å². The molecule has 0 spiro atoms. The highest BCUT2D eigenvalue weighted by molar-refractivity contribution is 7.90. The van der Waals surface area contributed by atoms with Gasteiger partial charge < -0.3 is 4.52 Å². The predicted octanol–water partition coefficient (Wildman–Crippen LogP) is 1.64. The van der Waals surface area contributed by atoms with E-state index in [0.717, 1.165) is 6.26 Å². The molecule has 1 amide bonds. The molecular weight excluding hydrogens is 268 g/mol. The van der Waals surface area contributed by atoms with Gasteiger partial charge in [0.15, 0.2) is 9.84 Å². The van der Waals surface area contributed by atoms with E-state index in [2.05, 4.69) is 10.5 Å². The summed E-state index contributed by atoms with van der Waals surface area (Å²) >= 11 is 0. The third-order valence-electron chi connectivity index (χ3n) is 2.41. The topological polar surface area (TPSA) is 89.3 Å². The van der Waals surface area contributed by atoms with E-state index in [4.69, 9.17) is 4.52 Å². The van der Waals surface area contributed by atoms with Gasteiger partial charge in [-0.3, -0.25) is 10.1 Å². The van der Waals surface area contributed by atoms with E-state index in [1.165, 1.54) is 24.3 Å². The van der Waals surface area contributed by atoms with Gasteiger partial charge in [-0.05, 0) is 31.2 Å². The molecule has 2 rings (SSSR count). The average molecular weight is 280 g/mol. The van der Waals surface area contributed by atoms with Gasteiger partial charge in [0.25, 0.3) is 5.91 Å². The fraction of sp³-hybridized carbons (Fsp3) is 0.167. The van der Waals surface area contributed by atoms with Crippen molar-refractivity contribution in [2.45, 2.75) is 11.8 Å². The molecule has 6 nitrogen and oxygen atoms in total. The van der Waals surface area contributed by atoms with Gasteiger partial charge in [-0.2, -0.15) is 0 Å². The summed E-state index contributed by atoms with van der Waals surface area (Å²) in [6.07, 6.45) is 1.11. The van der Waals surface area contributed by atoms with Gasteiger partial charge in [-0.15, -0.1) is 0 Å². The highest BCUT2D eigenvalue weighted by Crippen LogP contribution is 2.13. The highest BCUT2D eigenvalue weighted by Gasteiger charge is 2.11. The maximum atomic E-state index is 11.8. The monoisotopic (exact) mass is 280 g/mol. The summed E-state index contributed by atoms with van der Waals surface area (Å²) in [5.41, 5.74) is 0.990. The lowest BCUT2D eigenvalue weighted by atomic mass is 10.2. The van der Waals surface area contributed by atoms with Crippen LogP contribution in [-0.2, 0) is 9.84 Å². The third-order valence-corrected chi connectivity index (χ3v) is 3.54. The summed E-state index contributed by atoms with van der Waals surface area (Å²) < 4.78 is 27.4. The summed E-state index contributed by atoms with van der Waals surface area (Å²) in [6.45, 7) is 1.74. The van der Waals surface area contributed by atoms with Crippen LogP contribution in [0.2, 0.25) is 0 Å². The van der Waals surface area contributed by atoms with E-state index in [-0.39, 0.29) is 10.8 Å². The first-order valence-corrected chi connectivity index (χ1v) is 7.30. The van der Waals surface area contributed by atoms with Crippen LogP contribution in [0.5, 0.6) is 0 Å². The van der Waals surface area contributed by atoms with E-state index < -0.39 is 15.7 Å². The molecule has 19 heavy (non-hydrogen) atoms. The number of anilines is 1.